The highest BCUT2D eigenvalue weighted by Gasteiger charge is 2.30. The first kappa shape index (κ1) is 22.1. The summed E-state index contributed by atoms with van der Waals surface area (Å²) in [6, 6.07) is 17.3. The first-order valence-electron chi connectivity index (χ1n) is 11.1. The molecule has 1 saturated carbocycles. The Labute approximate surface area is 189 Å². The Morgan fingerprint density at radius 2 is 1.84 bits per heavy atom. The number of ether oxygens (including phenoxy) is 2. The van der Waals surface area contributed by atoms with Crippen LogP contribution in [0, 0.1) is 5.92 Å². The molecule has 6 heteroatoms. The summed E-state index contributed by atoms with van der Waals surface area (Å²) in [5.41, 5.74) is 8.16. The van der Waals surface area contributed by atoms with Crippen LogP contribution in [0.15, 0.2) is 54.6 Å². The molecule has 6 nitrogen and oxygen atoms in total. The third kappa shape index (κ3) is 5.56. The van der Waals surface area contributed by atoms with Crippen LogP contribution < -0.4 is 15.4 Å². The molecule has 1 amide bonds. The Morgan fingerprint density at radius 1 is 1.12 bits per heavy atom. The van der Waals surface area contributed by atoms with Gasteiger partial charge in [0, 0.05) is 29.7 Å². The first-order valence-corrected chi connectivity index (χ1v) is 11.1. The van der Waals surface area contributed by atoms with Gasteiger partial charge >= 0.3 is 6.09 Å². The predicted octanol–water partition coefficient (Wildman–Crippen LogP) is 6.20. The lowest BCUT2D eigenvalue weighted by Gasteiger charge is -2.27. The zero-order chi connectivity index (χ0) is 22.9. The van der Waals surface area contributed by atoms with Crippen LogP contribution in [0.5, 0.6) is 11.6 Å². The SMILES string of the molecule is CC(N)c1ccc2nc(Oc3ccc(N(CC4CC4)C(=O)OC(C)(C)C)cc3)ccc2c1. The van der Waals surface area contributed by atoms with Crippen LogP contribution in [0.3, 0.4) is 0 Å². The number of aromatic nitrogens is 1. The summed E-state index contributed by atoms with van der Waals surface area (Å²) in [7, 11) is 0. The lowest BCUT2D eigenvalue weighted by molar-refractivity contribution is 0.0578. The molecule has 1 aliphatic rings. The van der Waals surface area contributed by atoms with Crippen LogP contribution in [0.2, 0.25) is 0 Å². The number of amides is 1. The third-order valence-corrected chi connectivity index (χ3v) is 5.34. The second-order valence-corrected chi connectivity index (χ2v) is 9.52. The number of carbonyl (C=O) groups excluding carboxylic acids is 1. The molecular formula is C26H31N3O3. The van der Waals surface area contributed by atoms with E-state index in [1.807, 2.05) is 76.2 Å². The fourth-order valence-corrected chi connectivity index (χ4v) is 3.44. The van der Waals surface area contributed by atoms with Crippen LogP contribution in [0.25, 0.3) is 10.9 Å². The van der Waals surface area contributed by atoms with Gasteiger partial charge in [-0.1, -0.05) is 6.07 Å². The summed E-state index contributed by atoms with van der Waals surface area (Å²) in [6.45, 7) is 8.27. The number of fused-ring (bicyclic) bond motifs is 1. The number of anilines is 1. The van der Waals surface area contributed by atoms with Crippen molar-refractivity contribution >= 4 is 22.7 Å². The molecule has 4 rings (SSSR count). The number of hydrogen-bond acceptors (Lipinski definition) is 5. The molecule has 32 heavy (non-hydrogen) atoms. The van der Waals surface area contributed by atoms with E-state index < -0.39 is 5.60 Å². The fraction of sp³-hybridized carbons (Fsp3) is 0.385. The second kappa shape index (κ2) is 8.79. The molecule has 1 aliphatic carbocycles. The van der Waals surface area contributed by atoms with Gasteiger partial charge in [0.15, 0.2) is 0 Å². The van der Waals surface area contributed by atoms with E-state index in [0.29, 0.717) is 24.1 Å². The number of nitrogens with two attached hydrogens (primary N) is 1. The van der Waals surface area contributed by atoms with Gasteiger partial charge in [-0.05, 0) is 94.5 Å². The fourth-order valence-electron chi connectivity index (χ4n) is 3.44. The quantitative estimate of drug-likeness (QED) is 0.501. The van der Waals surface area contributed by atoms with Crippen LogP contribution in [-0.2, 0) is 4.74 Å². The molecule has 1 unspecified atom stereocenters. The maximum Gasteiger partial charge on any atom is 0.414 e. The molecule has 0 spiro atoms. The van der Waals surface area contributed by atoms with Gasteiger partial charge in [0.1, 0.15) is 11.4 Å². The minimum atomic E-state index is -0.535. The van der Waals surface area contributed by atoms with Crippen LogP contribution in [0.4, 0.5) is 10.5 Å². The van der Waals surface area contributed by atoms with Gasteiger partial charge in [-0.3, -0.25) is 4.90 Å². The van der Waals surface area contributed by atoms with E-state index in [9.17, 15) is 4.79 Å². The zero-order valence-corrected chi connectivity index (χ0v) is 19.2. The summed E-state index contributed by atoms with van der Waals surface area (Å²) >= 11 is 0. The van der Waals surface area contributed by atoms with E-state index in [1.165, 1.54) is 0 Å². The average Bonchev–Trinajstić information content (AvgIpc) is 3.55. The standard InChI is InChI=1S/C26H31N3O3/c1-17(27)19-7-13-23-20(15-19)8-14-24(28-23)31-22-11-9-21(10-12-22)29(16-18-5-6-18)25(30)32-26(2,3)4/h7-15,17-18H,5-6,16,27H2,1-4H3. The Kier molecular flexibility index (Phi) is 6.07. The largest absolute Gasteiger partial charge is 0.443 e. The Morgan fingerprint density at radius 3 is 2.47 bits per heavy atom. The summed E-state index contributed by atoms with van der Waals surface area (Å²) in [5, 5.41) is 1.02. The smallest absolute Gasteiger partial charge is 0.414 e. The lowest BCUT2D eigenvalue weighted by Crippen LogP contribution is -2.38. The van der Waals surface area contributed by atoms with E-state index in [0.717, 1.165) is 35.0 Å². The average molecular weight is 434 g/mol. The van der Waals surface area contributed by atoms with Crippen molar-refractivity contribution in [2.45, 2.75) is 52.2 Å². The van der Waals surface area contributed by atoms with Crippen molar-refractivity contribution in [2.24, 2.45) is 11.7 Å². The molecule has 1 fully saturated rings. The molecule has 0 bridgehead atoms. The van der Waals surface area contributed by atoms with E-state index in [1.54, 1.807) is 4.90 Å². The molecule has 0 aliphatic heterocycles. The van der Waals surface area contributed by atoms with Crippen molar-refractivity contribution in [2.75, 3.05) is 11.4 Å². The van der Waals surface area contributed by atoms with Gasteiger partial charge in [0.25, 0.3) is 0 Å². The minimum absolute atomic E-state index is 0.0194. The first-order chi connectivity index (χ1) is 15.2. The minimum Gasteiger partial charge on any atom is -0.443 e. The molecule has 1 heterocycles. The monoisotopic (exact) mass is 433 g/mol. The van der Waals surface area contributed by atoms with Crippen molar-refractivity contribution in [3.8, 4) is 11.6 Å². The molecule has 0 radical (unpaired) electrons. The highest BCUT2D eigenvalue weighted by atomic mass is 16.6. The molecular weight excluding hydrogens is 402 g/mol. The Hall–Kier alpha value is -3.12. The number of carbonyl (C=O) groups is 1. The highest BCUT2D eigenvalue weighted by Crippen LogP contribution is 2.33. The van der Waals surface area contributed by atoms with Crippen LogP contribution in [0.1, 0.15) is 52.1 Å². The summed E-state index contributed by atoms with van der Waals surface area (Å²) in [4.78, 5) is 19.1. The Bertz CT molecular complexity index is 1100. The van der Waals surface area contributed by atoms with Gasteiger partial charge in [-0.2, -0.15) is 0 Å². The van der Waals surface area contributed by atoms with Crippen molar-refractivity contribution in [1.29, 1.82) is 0 Å². The normalized spacial score (nSPS) is 14.8. The van der Waals surface area contributed by atoms with E-state index in [2.05, 4.69) is 11.1 Å². The second-order valence-electron chi connectivity index (χ2n) is 9.52. The van der Waals surface area contributed by atoms with Crippen molar-refractivity contribution in [3.63, 3.8) is 0 Å². The molecule has 1 atom stereocenters. The molecule has 1 aromatic heterocycles. The molecule has 168 valence electrons. The molecule has 2 aromatic carbocycles. The number of nitrogens with zero attached hydrogens (tertiary/aromatic N) is 2. The van der Waals surface area contributed by atoms with E-state index >= 15 is 0 Å². The van der Waals surface area contributed by atoms with E-state index in [4.69, 9.17) is 15.2 Å². The number of rotatable bonds is 6. The van der Waals surface area contributed by atoms with Gasteiger partial charge in [-0.25, -0.2) is 9.78 Å². The number of hydrogen-bond donors (Lipinski definition) is 1. The van der Waals surface area contributed by atoms with Crippen LogP contribution in [-0.4, -0.2) is 23.2 Å². The number of benzene rings is 2. The van der Waals surface area contributed by atoms with Gasteiger partial charge < -0.3 is 15.2 Å². The molecule has 3 aromatic rings. The summed E-state index contributed by atoms with van der Waals surface area (Å²) in [6.07, 6.45) is 1.99. The maximum atomic E-state index is 12.7. The molecule has 2 N–H and O–H groups in total. The Balaban J connectivity index is 1.49. The van der Waals surface area contributed by atoms with Crippen LogP contribution >= 0.6 is 0 Å². The number of pyridine rings is 1. The summed E-state index contributed by atoms with van der Waals surface area (Å²) < 4.78 is 11.6. The highest BCUT2D eigenvalue weighted by molar-refractivity contribution is 5.88. The predicted molar refractivity (Wildman–Crippen MR) is 127 cm³/mol. The maximum absolute atomic E-state index is 12.7. The van der Waals surface area contributed by atoms with Gasteiger partial charge in [0.2, 0.25) is 5.88 Å². The van der Waals surface area contributed by atoms with E-state index in [-0.39, 0.29) is 12.1 Å². The van der Waals surface area contributed by atoms with Crippen molar-refractivity contribution in [3.05, 3.63) is 60.2 Å². The summed E-state index contributed by atoms with van der Waals surface area (Å²) in [5.74, 6) is 1.71. The van der Waals surface area contributed by atoms with Gasteiger partial charge in [-0.15, -0.1) is 0 Å². The van der Waals surface area contributed by atoms with Crippen molar-refractivity contribution < 1.29 is 14.3 Å². The topological polar surface area (TPSA) is 77.7 Å². The third-order valence-electron chi connectivity index (χ3n) is 5.34. The lowest BCUT2D eigenvalue weighted by atomic mass is 10.1. The zero-order valence-electron chi connectivity index (χ0n) is 19.2. The van der Waals surface area contributed by atoms with Crippen molar-refractivity contribution in [1.82, 2.24) is 4.98 Å². The molecule has 0 saturated heterocycles. The van der Waals surface area contributed by atoms with Gasteiger partial charge in [0.05, 0.1) is 5.52 Å².